The van der Waals surface area contributed by atoms with E-state index in [1.165, 1.54) is 0 Å². The quantitative estimate of drug-likeness (QED) is 0.744. The molecule has 2 heterocycles. The van der Waals surface area contributed by atoms with E-state index in [1.54, 1.807) is 6.20 Å². The maximum atomic E-state index is 5.82. The molecule has 0 spiro atoms. The van der Waals surface area contributed by atoms with Crippen molar-refractivity contribution >= 4 is 10.9 Å². The molecule has 0 radical (unpaired) electrons. The van der Waals surface area contributed by atoms with Crippen LogP contribution in [0.25, 0.3) is 16.7 Å². The molecular weight excluding hydrogens is 224 g/mol. The van der Waals surface area contributed by atoms with Gasteiger partial charge in [0.1, 0.15) is 0 Å². The number of hydrogen-bond donors (Lipinski definition) is 1. The van der Waals surface area contributed by atoms with Gasteiger partial charge in [-0.1, -0.05) is 18.2 Å². The normalized spacial score (nSPS) is 11.0. The molecule has 0 aliphatic carbocycles. The molecule has 0 saturated carbocycles. The highest BCUT2D eigenvalue weighted by Gasteiger charge is 2.11. The molecular formula is C14H14N4. The highest BCUT2D eigenvalue weighted by molar-refractivity contribution is 5.80. The van der Waals surface area contributed by atoms with Crippen LogP contribution in [0.2, 0.25) is 0 Å². The molecule has 0 amide bonds. The zero-order chi connectivity index (χ0) is 12.5. The maximum Gasteiger partial charge on any atom is 0.158 e. The Labute approximate surface area is 105 Å². The van der Waals surface area contributed by atoms with E-state index in [9.17, 15) is 0 Å². The van der Waals surface area contributed by atoms with Gasteiger partial charge < -0.3 is 5.73 Å². The van der Waals surface area contributed by atoms with Crippen LogP contribution in [0.1, 0.15) is 11.1 Å². The van der Waals surface area contributed by atoms with Gasteiger partial charge in [-0.25, -0.2) is 9.67 Å². The van der Waals surface area contributed by atoms with E-state index < -0.39 is 0 Å². The summed E-state index contributed by atoms with van der Waals surface area (Å²) in [4.78, 5) is 4.42. The fraction of sp³-hybridized carbons (Fsp3) is 0.143. The van der Waals surface area contributed by atoms with Crippen molar-refractivity contribution in [2.75, 3.05) is 0 Å². The van der Waals surface area contributed by atoms with Gasteiger partial charge in [0.2, 0.25) is 0 Å². The van der Waals surface area contributed by atoms with Crippen LogP contribution in [0.3, 0.4) is 0 Å². The Hall–Kier alpha value is -2.20. The van der Waals surface area contributed by atoms with Gasteiger partial charge in [-0.15, -0.1) is 0 Å². The topological polar surface area (TPSA) is 56.7 Å². The summed E-state index contributed by atoms with van der Waals surface area (Å²) in [5, 5.41) is 5.51. The molecule has 0 aliphatic heterocycles. The molecule has 2 aromatic heterocycles. The molecule has 0 bridgehead atoms. The Bertz CT molecular complexity index is 700. The fourth-order valence-corrected chi connectivity index (χ4v) is 2.15. The van der Waals surface area contributed by atoms with E-state index in [4.69, 9.17) is 5.73 Å². The third-order valence-corrected chi connectivity index (χ3v) is 3.15. The largest absolute Gasteiger partial charge is 0.326 e. The summed E-state index contributed by atoms with van der Waals surface area (Å²) in [5.74, 6) is 0.818. The molecule has 0 aliphatic rings. The van der Waals surface area contributed by atoms with Crippen LogP contribution in [0.5, 0.6) is 0 Å². The van der Waals surface area contributed by atoms with Crippen LogP contribution in [0, 0.1) is 6.92 Å². The summed E-state index contributed by atoms with van der Waals surface area (Å²) in [7, 11) is 0. The third-order valence-electron chi connectivity index (χ3n) is 3.15. The number of aryl methyl sites for hydroxylation is 1. The molecule has 0 unspecified atom stereocenters. The third kappa shape index (κ3) is 1.58. The number of para-hydroxylation sites is 1. The minimum Gasteiger partial charge on any atom is -0.326 e. The van der Waals surface area contributed by atoms with Gasteiger partial charge in [0.25, 0.3) is 0 Å². The van der Waals surface area contributed by atoms with Crippen LogP contribution >= 0.6 is 0 Å². The van der Waals surface area contributed by atoms with E-state index in [0.29, 0.717) is 6.54 Å². The monoisotopic (exact) mass is 238 g/mol. The van der Waals surface area contributed by atoms with Crippen LogP contribution < -0.4 is 5.73 Å². The Morgan fingerprint density at radius 2 is 2.06 bits per heavy atom. The van der Waals surface area contributed by atoms with Crippen molar-refractivity contribution in [3.8, 4) is 5.82 Å². The van der Waals surface area contributed by atoms with Crippen LogP contribution in [0.4, 0.5) is 0 Å². The van der Waals surface area contributed by atoms with Gasteiger partial charge in [-0.2, -0.15) is 5.10 Å². The Balaban J connectivity index is 2.30. The van der Waals surface area contributed by atoms with Crippen molar-refractivity contribution in [1.29, 1.82) is 0 Å². The van der Waals surface area contributed by atoms with Gasteiger partial charge >= 0.3 is 0 Å². The van der Waals surface area contributed by atoms with Gasteiger partial charge in [0.15, 0.2) is 5.82 Å². The molecule has 4 heteroatoms. The zero-order valence-corrected chi connectivity index (χ0v) is 10.2. The molecule has 0 fully saturated rings. The van der Waals surface area contributed by atoms with Crippen LogP contribution in [0.15, 0.2) is 42.7 Å². The van der Waals surface area contributed by atoms with Crippen molar-refractivity contribution in [2.24, 2.45) is 5.73 Å². The molecule has 18 heavy (non-hydrogen) atoms. The molecule has 90 valence electrons. The van der Waals surface area contributed by atoms with Crippen molar-refractivity contribution in [3.63, 3.8) is 0 Å². The smallest absolute Gasteiger partial charge is 0.158 e. The summed E-state index contributed by atoms with van der Waals surface area (Å²) in [6.07, 6.45) is 3.64. The molecule has 3 aromatic rings. The first-order chi connectivity index (χ1) is 8.81. The summed E-state index contributed by atoms with van der Waals surface area (Å²) in [6.45, 7) is 2.50. The van der Waals surface area contributed by atoms with Gasteiger partial charge in [-0.3, -0.25) is 0 Å². The summed E-state index contributed by atoms with van der Waals surface area (Å²) in [6, 6.07) is 10.0. The lowest BCUT2D eigenvalue weighted by Crippen LogP contribution is -2.09. The predicted molar refractivity (Wildman–Crippen MR) is 71.5 cm³/mol. The number of rotatable bonds is 2. The Morgan fingerprint density at radius 3 is 2.89 bits per heavy atom. The van der Waals surface area contributed by atoms with E-state index in [2.05, 4.69) is 10.1 Å². The van der Waals surface area contributed by atoms with Gasteiger partial charge in [0.05, 0.1) is 11.7 Å². The summed E-state index contributed by atoms with van der Waals surface area (Å²) < 4.78 is 1.85. The number of aromatic nitrogens is 3. The highest BCUT2D eigenvalue weighted by Crippen LogP contribution is 2.20. The lowest BCUT2D eigenvalue weighted by molar-refractivity contribution is 0.843. The lowest BCUT2D eigenvalue weighted by atomic mass is 10.1. The number of hydrogen-bond acceptors (Lipinski definition) is 3. The SMILES string of the molecule is Cc1ccnc(-n2ncc3ccccc32)c1CN. The van der Waals surface area contributed by atoms with Crippen molar-refractivity contribution < 1.29 is 0 Å². The van der Waals surface area contributed by atoms with E-state index in [-0.39, 0.29) is 0 Å². The Morgan fingerprint density at radius 1 is 1.22 bits per heavy atom. The van der Waals surface area contributed by atoms with E-state index in [0.717, 1.165) is 27.8 Å². The number of nitrogens with two attached hydrogens (primary N) is 1. The summed E-state index contributed by atoms with van der Waals surface area (Å²) in [5.41, 5.74) is 9.04. The van der Waals surface area contributed by atoms with Crippen molar-refractivity contribution in [1.82, 2.24) is 14.8 Å². The second kappa shape index (κ2) is 4.23. The average Bonchev–Trinajstić information content (AvgIpc) is 2.82. The average molecular weight is 238 g/mol. The summed E-state index contributed by atoms with van der Waals surface area (Å²) >= 11 is 0. The molecule has 1 aromatic carbocycles. The number of nitrogens with zero attached hydrogens (tertiary/aromatic N) is 3. The number of benzene rings is 1. The standard InChI is InChI=1S/C14H14N4/c1-10-6-7-16-14(12(10)8-15)18-13-5-3-2-4-11(13)9-17-18/h2-7,9H,8,15H2,1H3. The number of fused-ring (bicyclic) bond motifs is 1. The van der Waals surface area contributed by atoms with Gasteiger partial charge in [-0.05, 0) is 24.6 Å². The van der Waals surface area contributed by atoms with Gasteiger partial charge in [0, 0.05) is 23.7 Å². The first-order valence-corrected chi connectivity index (χ1v) is 5.89. The first-order valence-electron chi connectivity index (χ1n) is 5.89. The minimum atomic E-state index is 0.462. The highest BCUT2D eigenvalue weighted by atomic mass is 15.3. The Kier molecular flexibility index (Phi) is 2.57. The first kappa shape index (κ1) is 10.9. The second-order valence-electron chi connectivity index (χ2n) is 4.25. The number of pyridine rings is 1. The van der Waals surface area contributed by atoms with E-state index in [1.807, 2.05) is 48.1 Å². The van der Waals surface area contributed by atoms with Crippen LogP contribution in [-0.2, 0) is 6.54 Å². The second-order valence-corrected chi connectivity index (χ2v) is 4.25. The minimum absolute atomic E-state index is 0.462. The molecule has 4 nitrogen and oxygen atoms in total. The lowest BCUT2D eigenvalue weighted by Gasteiger charge is -2.10. The molecule has 2 N–H and O–H groups in total. The van der Waals surface area contributed by atoms with E-state index >= 15 is 0 Å². The van der Waals surface area contributed by atoms with Crippen molar-refractivity contribution in [2.45, 2.75) is 13.5 Å². The maximum absolute atomic E-state index is 5.82. The predicted octanol–water partition coefficient (Wildman–Crippen LogP) is 2.19. The zero-order valence-electron chi connectivity index (χ0n) is 10.2. The van der Waals surface area contributed by atoms with Crippen molar-refractivity contribution in [3.05, 3.63) is 53.9 Å². The fourth-order valence-electron chi connectivity index (χ4n) is 2.15. The molecule has 0 saturated heterocycles. The molecule has 3 rings (SSSR count). The van der Waals surface area contributed by atoms with Crippen LogP contribution in [-0.4, -0.2) is 14.8 Å². The molecule has 0 atom stereocenters.